The highest BCUT2D eigenvalue weighted by Gasteiger charge is 2.15. The largest absolute Gasteiger partial charge is 0.326 e. The maximum atomic E-state index is 12.6. The minimum absolute atomic E-state index is 0.00625. The monoisotopic (exact) mass is 392 g/mol. The normalized spacial score (nSPS) is 11.8. The number of thioether (sulfide) groups is 1. The van der Waals surface area contributed by atoms with Crippen LogP contribution in [0.1, 0.15) is 26.7 Å². The van der Waals surface area contributed by atoms with Crippen LogP contribution in [0.25, 0.3) is 10.8 Å². The first-order valence-corrected chi connectivity index (χ1v) is 10.3. The molecule has 2 N–H and O–H groups in total. The van der Waals surface area contributed by atoms with Crippen LogP contribution < -0.4 is 10.6 Å². The van der Waals surface area contributed by atoms with Crippen LogP contribution in [0.15, 0.2) is 71.6 Å². The number of fused-ring (bicyclic) bond motifs is 1. The van der Waals surface area contributed by atoms with E-state index < -0.39 is 0 Å². The number of hydrogen-bond acceptors (Lipinski definition) is 3. The van der Waals surface area contributed by atoms with E-state index in [4.69, 9.17) is 0 Å². The molecule has 0 fully saturated rings. The summed E-state index contributed by atoms with van der Waals surface area (Å²) in [5.41, 5.74) is 1.54. The summed E-state index contributed by atoms with van der Waals surface area (Å²) in [6, 6.07) is 21.6. The minimum atomic E-state index is -0.270. The molecule has 0 saturated carbocycles. The van der Waals surface area contributed by atoms with E-state index in [1.165, 1.54) is 11.8 Å². The van der Waals surface area contributed by atoms with E-state index in [2.05, 4.69) is 10.6 Å². The van der Waals surface area contributed by atoms with Gasteiger partial charge in [0.25, 0.3) is 0 Å². The Labute approximate surface area is 169 Å². The van der Waals surface area contributed by atoms with Gasteiger partial charge in [-0.05, 0) is 54.4 Å². The zero-order valence-corrected chi connectivity index (χ0v) is 16.9. The van der Waals surface area contributed by atoms with Crippen LogP contribution in [0.2, 0.25) is 0 Å². The number of hydrogen-bond donors (Lipinski definition) is 2. The zero-order valence-electron chi connectivity index (χ0n) is 16.1. The van der Waals surface area contributed by atoms with Gasteiger partial charge in [-0.3, -0.25) is 9.59 Å². The first kappa shape index (κ1) is 20.0. The second kappa shape index (κ2) is 9.42. The zero-order chi connectivity index (χ0) is 19.9. The molecule has 1 unspecified atom stereocenters. The summed E-state index contributed by atoms with van der Waals surface area (Å²) in [5.74, 6) is -0.0487. The van der Waals surface area contributed by atoms with Gasteiger partial charge in [-0.25, -0.2) is 0 Å². The van der Waals surface area contributed by atoms with Crippen LogP contribution in [0.4, 0.5) is 11.4 Å². The van der Waals surface area contributed by atoms with E-state index >= 15 is 0 Å². The van der Waals surface area contributed by atoms with Crippen molar-refractivity contribution in [1.82, 2.24) is 0 Å². The first-order valence-electron chi connectivity index (χ1n) is 9.41. The summed E-state index contributed by atoms with van der Waals surface area (Å²) >= 11 is 1.47. The Morgan fingerprint density at radius 3 is 2.43 bits per heavy atom. The van der Waals surface area contributed by atoms with Crippen LogP contribution in [-0.4, -0.2) is 17.1 Å². The van der Waals surface area contributed by atoms with E-state index in [0.29, 0.717) is 6.42 Å². The fraction of sp³-hybridized carbons (Fsp3) is 0.217. The van der Waals surface area contributed by atoms with Crippen LogP contribution in [0, 0.1) is 0 Å². The molecule has 0 aliphatic rings. The Hall–Kier alpha value is -2.79. The van der Waals surface area contributed by atoms with E-state index in [1.54, 1.807) is 0 Å². The lowest BCUT2D eigenvalue weighted by atomic mass is 10.1. The molecule has 0 radical (unpaired) electrons. The van der Waals surface area contributed by atoms with Crippen LogP contribution >= 0.6 is 11.8 Å². The maximum absolute atomic E-state index is 12.6. The summed E-state index contributed by atoms with van der Waals surface area (Å²) in [4.78, 5) is 25.3. The topological polar surface area (TPSA) is 58.2 Å². The summed E-state index contributed by atoms with van der Waals surface area (Å²) in [5, 5.41) is 7.84. The van der Waals surface area contributed by atoms with Crippen molar-refractivity contribution in [3.63, 3.8) is 0 Å². The number of anilines is 2. The van der Waals surface area contributed by atoms with Gasteiger partial charge >= 0.3 is 0 Å². The Kier molecular flexibility index (Phi) is 6.71. The Morgan fingerprint density at radius 2 is 1.64 bits per heavy atom. The number of benzene rings is 3. The van der Waals surface area contributed by atoms with Crippen LogP contribution in [-0.2, 0) is 9.59 Å². The highest BCUT2D eigenvalue weighted by atomic mass is 32.2. The summed E-state index contributed by atoms with van der Waals surface area (Å²) in [7, 11) is 0. The number of carbonyl (C=O) groups excluding carboxylic acids is 2. The molecule has 4 nitrogen and oxygen atoms in total. The van der Waals surface area contributed by atoms with Gasteiger partial charge in [-0.2, -0.15) is 0 Å². The second-order valence-electron chi connectivity index (χ2n) is 6.64. The smallest absolute Gasteiger partial charge is 0.237 e. The third-order valence-electron chi connectivity index (χ3n) is 4.29. The molecular weight excluding hydrogens is 368 g/mol. The molecule has 0 saturated heterocycles. The van der Waals surface area contributed by atoms with Gasteiger partial charge < -0.3 is 10.6 Å². The van der Waals surface area contributed by atoms with E-state index in [0.717, 1.165) is 33.5 Å². The molecule has 3 aromatic carbocycles. The Bertz CT molecular complexity index is 987. The average molecular weight is 393 g/mol. The van der Waals surface area contributed by atoms with Crippen molar-refractivity contribution in [1.29, 1.82) is 0 Å². The highest BCUT2D eigenvalue weighted by molar-refractivity contribution is 8.00. The number of carbonyl (C=O) groups is 2. The fourth-order valence-corrected chi connectivity index (χ4v) is 3.79. The minimum Gasteiger partial charge on any atom is -0.326 e. The molecule has 144 valence electrons. The van der Waals surface area contributed by atoms with Gasteiger partial charge in [0.05, 0.1) is 5.25 Å². The lowest BCUT2D eigenvalue weighted by molar-refractivity contribution is -0.116. The molecule has 0 spiro atoms. The molecule has 1 atom stereocenters. The molecule has 0 bridgehead atoms. The predicted molar refractivity (Wildman–Crippen MR) is 118 cm³/mol. The third kappa shape index (κ3) is 5.36. The van der Waals surface area contributed by atoms with Crippen LogP contribution in [0.5, 0.6) is 0 Å². The van der Waals surface area contributed by atoms with Crippen molar-refractivity contribution in [3.05, 3.63) is 66.7 Å². The SMILES string of the molecule is CCCC(=O)Nc1cccc(SC(C)C(=O)Nc2ccc3ccccc3c2)c1. The molecule has 5 heteroatoms. The average Bonchev–Trinajstić information content (AvgIpc) is 2.68. The molecular formula is C23H24N2O2S. The van der Waals surface area contributed by atoms with Crippen molar-refractivity contribution < 1.29 is 9.59 Å². The molecule has 3 aromatic rings. The molecule has 2 amide bonds. The van der Waals surface area contributed by atoms with Gasteiger partial charge in [0, 0.05) is 22.7 Å². The predicted octanol–water partition coefficient (Wildman–Crippen LogP) is 5.70. The number of rotatable bonds is 7. The van der Waals surface area contributed by atoms with E-state index in [1.807, 2.05) is 80.6 Å². The molecule has 3 rings (SSSR count). The quantitative estimate of drug-likeness (QED) is 0.507. The lowest BCUT2D eigenvalue weighted by Gasteiger charge is -2.13. The Morgan fingerprint density at radius 1 is 0.893 bits per heavy atom. The van der Waals surface area contributed by atoms with Crippen molar-refractivity contribution >= 4 is 45.7 Å². The van der Waals surface area contributed by atoms with Crippen molar-refractivity contribution in [3.8, 4) is 0 Å². The fourth-order valence-electron chi connectivity index (χ4n) is 2.87. The molecule has 0 heterocycles. The standard InChI is InChI=1S/C23H24N2O2S/c1-3-7-22(26)24-19-10-6-11-21(15-19)28-16(2)23(27)25-20-13-12-17-8-4-5-9-18(17)14-20/h4-6,8-16H,3,7H2,1-2H3,(H,24,26)(H,25,27). The first-order chi connectivity index (χ1) is 13.5. The van der Waals surface area contributed by atoms with E-state index in [-0.39, 0.29) is 17.1 Å². The van der Waals surface area contributed by atoms with Gasteiger partial charge in [0.1, 0.15) is 0 Å². The lowest BCUT2D eigenvalue weighted by Crippen LogP contribution is -2.22. The molecule has 0 aliphatic carbocycles. The van der Waals surface area contributed by atoms with Crippen LogP contribution in [0.3, 0.4) is 0 Å². The second-order valence-corrected chi connectivity index (χ2v) is 8.05. The molecule has 0 aromatic heterocycles. The number of amides is 2. The summed E-state index contributed by atoms with van der Waals surface area (Å²) in [6.45, 7) is 3.85. The van der Waals surface area contributed by atoms with E-state index in [9.17, 15) is 9.59 Å². The van der Waals surface area contributed by atoms with Gasteiger partial charge in [-0.1, -0.05) is 43.3 Å². The molecule has 0 aliphatic heterocycles. The van der Waals surface area contributed by atoms with Crippen molar-refractivity contribution in [2.45, 2.75) is 36.8 Å². The summed E-state index contributed by atoms with van der Waals surface area (Å²) in [6.07, 6.45) is 1.31. The summed E-state index contributed by atoms with van der Waals surface area (Å²) < 4.78 is 0. The van der Waals surface area contributed by atoms with Gasteiger partial charge in [0.15, 0.2) is 0 Å². The van der Waals surface area contributed by atoms with Crippen molar-refractivity contribution in [2.24, 2.45) is 0 Å². The highest BCUT2D eigenvalue weighted by Crippen LogP contribution is 2.27. The van der Waals surface area contributed by atoms with Gasteiger partial charge in [0.2, 0.25) is 11.8 Å². The third-order valence-corrected chi connectivity index (χ3v) is 5.39. The molecule has 28 heavy (non-hydrogen) atoms. The van der Waals surface area contributed by atoms with Gasteiger partial charge in [-0.15, -0.1) is 11.8 Å². The Balaban J connectivity index is 1.62. The number of nitrogens with one attached hydrogen (secondary N) is 2. The van der Waals surface area contributed by atoms with Crippen molar-refractivity contribution in [2.75, 3.05) is 10.6 Å². The maximum Gasteiger partial charge on any atom is 0.237 e.